The Kier molecular flexibility index (Phi) is 5.13. The Labute approximate surface area is 175 Å². The Bertz CT molecular complexity index is 795. The van der Waals surface area contributed by atoms with Gasteiger partial charge in [0.15, 0.2) is 16.6 Å². The van der Waals surface area contributed by atoms with Gasteiger partial charge in [-0.25, -0.2) is 8.78 Å². The fourth-order valence-corrected chi connectivity index (χ4v) is 8.23. The van der Waals surface area contributed by atoms with Crippen molar-refractivity contribution in [3.63, 3.8) is 0 Å². The first kappa shape index (κ1) is 21.2. The minimum atomic E-state index is -1.64. The first-order valence-electron chi connectivity index (χ1n) is 10.5. The van der Waals surface area contributed by atoms with E-state index in [4.69, 9.17) is 4.74 Å². The van der Waals surface area contributed by atoms with Crippen molar-refractivity contribution in [2.75, 3.05) is 13.1 Å². The zero-order chi connectivity index (χ0) is 21.2. The molecule has 0 aromatic carbocycles. The molecule has 0 aromatic rings. The van der Waals surface area contributed by atoms with Crippen molar-refractivity contribution >= 4 is 22.7 Å². The molecule has 0 aliphatic heterocycles. The molecule has 0 heterocycles. The molecule has 3 nitrogen and oxygen atoms in total. The predicted molar refractivity (Wildman–Crippen MR) is 110 cm³/mol. The van der Waals surface area contributed by atoms with Crippen LogP contribution >= 0.6 is 11.8 Å². The van der Waals surface area contributed by atoms with Crippen LogP contribution in [0.4, 0.5) is 8.78 Å². The van der Waals surface area contributed by atoms with E-state index in [-0.39, 0.29) is 34.6 Å². The van der Waals surface area contributed by atoms with Gasteiger partial charge in [-0.1, -0.05) is 37.3 Å². The molecule has 0 amide bonds. The summed E-state index contributed by atoms with van der Waals surface area (Å²) in [6.45, 7) is 6.02. The van der Waals surface area contributed by atoms with Gasteiger partial charge in [0, 0.05) is 24.4 Å². The van der Waals surface area contributed by atoms with Gasteiger partial charge in [0.2, 0.25) is 0 Å². The van der Waals surface area contributed by atoms with Crippen LogP contribution in [-0.2, 0) is 14.3 Å². The molecule has 3 saturated carbocycles. The van der Waals surface area contributed by atoms with Crippen LogP contribution in [0.3, 0.4) is 0 Å². The quantitative estimate of drug-likeness (QED) is 0.635. The Morgan fingerprint density at radius 1 is 1.34 bits per heavy atom. The van der Waals surface area contributed by atoms with Crippen LogP contribution in [0, 0.1) is 34.5 Å². The number of allylic oxidation sites excluding steroid dienone is 4. The van der Waals surface area contributed by atoms with E-state index in [1.165, 1.54) is 13.2 Å². The van der Waals surface area contributed by atoms with Gasteiger partial charge >= 0.3 is 0 Å². The van der Waals surface area contributed by atoms with Gasteiger partial charge < -0.3 is 4.74 Å². The van der Waals surface area contributed by atoms with E-state index in [1.54, 1.807) is 12.2 Å². The summed E-state index contributed by atoms with van der Waals surface area (Å²) in [6, 6.07) is -0.724. The molecule has 8 atom stereocenters. The number of hydrogen-bond acceptors (Lipinski definition) is 4. The fourth-order valence-electron chi connectivity index (χ4n) is 7.44. The maximum Gasteiger partial charge on any atom is 0.195 e. The highest BCUT2D eigenvalue weighted by Crippen LogP contribution is 2.70. The highest BCUT2D eigenvalue weighted by atomic mass is 32.2. The lowest BCUT2D eigenvalue weighted by Crippen LogP contribution is -2.67. The number of carbonyl (C=O) groups is 2. The Hall–Kier alpha value is -1.01. The van der Waals surface area contributed by atoms with Crippen molar-refractivity contribution in [3.05, 3.63) is 23.8 Å². The third-order valence-electron chi connectivity index (χ3n) is 8.69. The van der Waals surface area contributed by atoms with Crippen LogP contribution in [0.15, 0.2) is 23.8 Å². The molecule has 4 rings (SSSR count). The highest BCUT2D eigenvalue weighted by molar-refractivity contribution is 8.13. The normalized spacial score (nSPS) is 48.6. The minimum absolute atomic E-state index is 0.0347. The van der Waals surface area contributed by atoms with Crippen LogP contribution in [0.2, 0.25) is 0 Å². The van der Waals surface area contributed by atoms with Gasteiger partial charge in [-0.05, 0) is 62.0 Å². The molecule has 0 bridgehead atoms. The lowest BCUT2D eigenvalue weighted by molar-refractivity contribution is -0.203. The summed E-state index contributed by atoms with van der Waals surface area (Å²) in [5, 5.41) is -0.114. The summed E-state index contributed by atoms with van der Waals surface area (Å²) in [6.07, 6.45) is 6.65. The zero-order valence-electron chi connectivity index (χ0n) is 17.5. The van der Waals surface area contributed by atoms with Crippen molar-refractivity contribution in [2.45, 2.75) is 58.2 Å². The van der Waals surface area contributed by atoms with E-state index >= 15 is 4.39 Å². The summed E-state index contributed by atoms with van der Waals surface area (Å²) < 4.78 is 36.0. The van der Waals surface area contributed by atoms with Crippen LogP contribution < -0.4 is 0 Å². The monoisotopic (exact) mass is 424 g/mol. The molecule has 29 heavy (non-hydrogen) atoms. The highest BCUT2D eigenvalue weighted by Gasteiger charge is 2.72. The number of ketones is 1. The summed E-state index contributed by atoms with van der Waals surface area (Å²) in [7, 11) is 1.54. The molecule has 3 fully saturated rings. The number of ether oxygens (including phenoxy) is 1. The third-order valence-corrected chi connectivity index (χ3v) is 9.34. The lowest BCUT2D eigenvalue weighted by atomic mass is 9.45. The van der Waals surface area contributed by atoms with Gasteiger partial charge in [-0.3, -0.25) is 9.59 Å². The van der Waals surface area contributed by atoms with E-state index in [2.05, 4.69) is 6.92 Å². The largest absolute Gasteiger partial charge is 0.378 e. The lowest BCUT2D eigenvalue weighted by Gasteiger charge is -2.62. The van der Waals surface area contributed by atoms with Crippen molar-refractivity contribution in [3.8, 4) is 0 Å². The van der Waals surface area contributed by atoms with Crippen molar-refractivity contribution in [2.24, 2.45) is 34.5 Å². The van der Waals surface area contributed by atoms with E-state index in [9.17, 15) is 14.0 Å². The second kappa shape index (κ2) is 7.01. The Morgan fingerprint density at radius 2 is 2.07 bits per heavy atom. The average molecular weight is 425 g/mol. The van der Waals surface area contributed by atoms with Gasteiger partial charge in [-0.15, -0.1) is 0 Å². The molecule has 6 unspecified atom stereocenters. The van der Waals surface area contributed by atoms with Crippen molar-refractivity contribution < 1.29 is 23.1 Å². The number of thioether (sulfide) groups is 1. The molecule has 4 aliphatic carbocycles. The molecule has 4 aliphatic rings. The number of carbonyl (C=O) groups excluding carboxylic acids is 2. The summed E-state index contributed by atoms with van der Waals surface area (Å²) >= 11 is 0.744. The summed E-state index contributed by atoms with van der Waals surface area (Å²) in [5.74, 6) is -0.514. The van der Waals surface area contributed by atoms with Crippen LogP contribution in [0.1, 0.15) is 46.5 Å². The molecule has 0 aromatic heterocycles. The summed E-state index contributed by atoms with van der Waals surface area (Å²) in [4.78, 5) is 24.8. The third kappa shape index (κ3) is 2.70. The van der Waals surface area contributed by atoms with Crippen LogP contribution in [-0.4, -0.2) is 35.8 Å². The number of alkyl halides is 2. The predicted octanol–water partition coefficient (Wildman–Crippen LogP) is 5.06. The van der Waals surface area contributed by atoms with Gasteiger partial charge in [-0.2, -0.15) is 0 Å². The number of rotatable bonds is 3. The number of halogens is 2. The summed E-state index contributed by atoms with van der Waals surface area (Å²) in [5.41, 5.74) is -2.09. The average Bonchev–Trinajstić information content (AvgIpc) is 2.92. The molecule has 0 radical (unpaired) electrons. The first-order chi connectivity index (χ1) is 13.6. The second-order valence-electron chi connectivity index (χ2n) is 9.82. The van der Waals surface area contributed by atoms with Crippen LogP contribution in [0.5, 0.6) is 0 Å². The molecule has 0 spiro atoms. The van der Waals surface area contributed by atoms with Crippen molar-refractivity contribution in [1.29, 1.82) is 0 Å². The van der Waals surface area contributed by atoms with E-state index in [0.717, 1.165) is 23.8 Å². The van der Waals surface area contributed by atoms with Gasteiger partial charge in [0.05, 0.1) is 6.10 Å². The van der Waals surface area contributed by atoms with Gasteiger partial charge in [0.25, 0.3) is 0 Å². The smallest absolute Gasteiger partial charge is 0.195 e. The molecular formula is C23H30F2O3S. The Balaban J connectivity index is 1.80. The van der Waals surface area contributed by atoms with E-state index in [0.29, 0.717) is 19.3 Å². The van der Waals surface area contributed by atoms with E-state index in [1.807, 2.05) is 13.8 Å². The molecule has 6 heteroatoms. The molecular weight excluding hydrogens is 394 g/mol. The fraction of sp³-hybridized carbons (Fsp3) is 0.739. The first-order valence-corrected chi connectivity index (χ1v) is 11.5. The SMILES string of the molecule is COC1CC2(C)C(C[C@@H](C)C2C(=O)SCF)C2CCC3=CC(=O)C=CC3(C)[C@@]12F. The number of hydrogen-bond donors (Lipinski definition) is 0. The molecule has 0 N–H and O–H groups in total. The number of methoxy groups -OCH3 is 1. The topological polar surface area (TPSA) is 43.4 Å². The maximum atomic E-state index is 17.3. The maximum absolute atomic E-state index is 17.3. The standard InChI is InChI=1S/C23H30F2O3S/c1-13-9-17-16-6-5-14-10-15(26)7-8-22(14,3)23(16,25)18(28-4)11-21(17,2)19(13)20(27)29-12-24/h7-8,10,13,16-19H,5-6,9,11-12H2,1-4H3/t13-,16?,17?,18?,19?,21?,22?,23+/m1/s1. The van der Waals surface area contributed by atoms with Gasteiger partial charge in [0.1, 0.15) is 6.01 Å². The second-order valence-corrected chi connectivity index (χ2v) is 10.7. The molecule has 160 valence electrons. The molecule has 0 saturated heterocycles. The van der Waals surface area contributed by atoms with E-state index < -0.39 is 28.6 Å². The zero-order valence-corrected chi connectivity index (χ0v) is 18.4. The Morgan fingerprint density at radius 3 is 2.72 bits per heavy atom. The number of fused-ring (bicyclic) bond motifs is 5. The van der Waals surface area contributed by atoms with Crippen LogP contribution in [0.25, 0.3) is 0 Å². The minimum Gasteiger partial charge on any atom is -0.378 e. The van der Waals surface area contributed by atoms with Crippen molar-refractivity contribution in [1.82, 2.24) is 0 Å².